The summed E-state index contributed by atoms with van der Waals surface area (Å²) in [6.07, 6.45) is 3.49. The largest absolute Gasteiger partial charge is 0.358 e. The minimum atomic E-state index is -1.12. The Kier molecular flexibility index (Phi) is 5.38. The highest BCUT2D eigenvalue weighted by molar-refractivity contribution is 6.25. The maximum atomic E-state index is 14.0. The van der Waals surface area contributed by atoms with E-state index in [9.17, 15) is 34.6 Å². The highest BCUT2D eigenvalue weighted by Crippen LogP contribution is 2.54. The number of anilines is 1. The number of non-ortho nitro benzene ring substituents is 2. The van der Waals surface area contributed by atoms with Gasteiger partial charge in [0.2, 0.25) is 11.8 Å². The topological polar surface area (TPSA) is 144 Å². The van der Waals surface area contributed by atoms with Gasteiger partial charge in [0, 0.05) is 36.0 Å². The molecule has 0 spiro atoms. The summed E-state index contributed by atoms with van der Waals surface area (Å²) in [7, 11) is 0. The Morgan fingerprint density at radius 3 is 2.28 bits per heavy atom. The zero-order valence-corrected chi connectivity index (χ0v) is 20.5. The molecule has 0 N–H and O–H groups in total. The van der Waals surface area contributed by atoms with Crippen molar-refractivity contribution in [3.63, 3.8) is 0 Å². The van der Waals surface area contributed by atoms with E-state index in [-0.39, 0.29) is 22.6 Å². The molecule has 1 unspecified atom stereocenters. The van der Waals surface area contributed by atoms with Gasteiger partial charge < -0.3 is 4.90 Å². The molecule has 0 saturated carbocycles. The van der Waals surface area contributed by atoms with Crippen molar-refractivity contribution in [3.05, 3.63) is 115 Å². The Balaban J connectivity index is 1.51. The summed E-state index contributed by atoms with van der Waals surface area (Å²) in [6, 6.07) is 14.8. The van der Waals surface area contributed by atoms with Crippen molar-refractivity contribution in [2.75, 3.05) is 4.90 Å². The fraction of sp³-hybridized carbons (Fsp3) is 0.179. The van der Waals surface area contributed by atoms with Crippen LogP contribution < -0.4 is 4.90 Å². The second kappa shape index (κ2) is 8.69. The van der Waals surface area contributed by atoms with E-state index in [2.05, 4.69) is 0 Å². The molecule has 3 heterocycles. The molecule has 3 aliphatic heterocycles. The third kappa shape index (κ3) is 3.54. The van der Waals surface area contributed by atoms with E-state index in [1.807, 2.05) is 24.3 Å². The van der Waals surface area contributed by atoms with Crippen LogP contribution in [0.2, 0.25) is 0 Å². The maximum Gasteiger partial charge on any atom is 0.271 e. The molecule has 11 heteroatoms. The first-order valence-electron chi connectivity index (χ1n) is 12.1. The number of hydrogen-bond acceptors (Lipinski definition) is 8. The number of aryl methyl sites for hydroxylation is 1. The number of Topliss-reactive ketones (excluding diaryl/α,β-unsaturated/α-hetero) is 1. The second-order valence-electron chi connectivity index (χ2n) is 9.74. The third-order valence-electron chi connectivity index (χ3n) is 7.72. The van der Waals surface area contributed by atoms with Crippen LogP contribution in [0.4, 0.5) is 17.1 Å². The van der Waals surface area contributed by atoms with E-state index in [0.29, 0.717) is 5.56 Å². The molecule has 3 aromatic carbocycles. The number of ketones is 1. The molecule has 0 bridgehead atoms. The second-order valence-corrected chi connectivity index (χ2v) is 9.74. The van der Waals surface area contributed by atoms with E-state index in [1.165, 1.54) is 36.4 Å². The molecule has 0 aromatic heterocycles. The van der Waals surface area contributed by atoms with Crippen LogP contribution in [0.5, 0.6) is 0 Å². The van der Waals surface area contributed by atoms with E-state index in [1.54, 1.807) is 24.1 Å². The van der Waals surface area contributed by atoms with Crippen LogP contribution in [0.25, 0.3) is 6.08 Å². The van der Waals surface area contributed by atoms with Gasteiger partial charge in [-0.2, -0.15) is 0 Å². The standard InChI is InChI=1S/C28H20N4O7/c1-15-9-10-19(32(38)39)14-21(15)30-27(34)22-23(28(30)35)25(26(33)17-6-4-7-18(13-17)31(36)37)29-12-11-16-5-2-3-8-20(16)24(22)29/h2-14,22-25H,1H3/t22-,23+,24?,25-/m0/s1. The summed E-state index contributed by atoms with van der Waals surface area (Å²) in [5, 5.41) is 22.8. The molecule has 3 aliphatic rings. The molecular formula is C28H20N4O7. The smallest absolute Gasteiger partial charge is 0.271 e. The molecule has 3 aromatic rings. The average Bonchev–Trinajstić information content (AvgIpc) is 3.41. The molecule has 6 rings (SSSR count). The Hall–Kier alpha value is -5.19. The number of carbonyl (C=O) groups excluding carboxylic acids is 3. The molecule has 2 amide bonds. The van der Waals surface area contributed by atoms with Gasteiger partial charge in [-0.1, -0.05) is 42.5 Å². The lowest BCUT2D eigenvalue weighted by atomic mass is 9.83. The van der Waals surface area contributed by atoms with E-state index in [0.717, 1.165) is 22.1 Å². The van der Waals surface area contributed by atoms with Crippen LogP contribution in [0.1, 0.15) is 33.1 Å². The number of nitro benzene ring substituents is 2. The molecule has 0 radical (unpaired) electrons. The lowest BCUT2D eigenvalue weighted by Crippen LogP contribution is -2.44. The average molecular weight is 524 g/mol. The number of nitrogens with zero attached hydrogens (tertiary/aromatic N) is 4. The summed E-state index contributed by atoms with van der Waals surface area (Å²) in [4.78, 5) is 66.3. The number of hydrogen-bond donors (Lipinski definition) is 0. The van der Waals surface area contributed by atoms with Crippen LogP contribution in [-0.2, 0) is 9.59 Å². The monoisotopic (exact) mass is 524 g/mol. The third-order valence-corrected chi connectivity index (χ3v) is 7.72. The van der Waals surface area contributed by atoms with Crippen LogP contribution in [0, 0.1) is 39.0 Å². The van der Waals surface area contributed by atoms with Gasteiger partial charge in [-0.3, -0.25) is 34.6 Å². The number of rotatable bonds is 5. The molecule has 2 fully saturated rings. The zero-order valence-electron chi connectivity index (χ0n) is 20.5. The van der Waals surface area contributed by atoms with Crippen molar-refractivity contribution in [2.24, 2.45) is 11.8 Å². The first kappa shape index (κ1) is 24.2. The molecule has 0 aliphatic carbocycles. The number of fused-ring (bicyclic) bond motifs is 5. The highest BCUT2D eigenvalue weighted by atomic mass is 16.6. The normalized spacial score (nSPS) is 22.9. The van der Waals surface area contributed by atoms with Crippen molar-refractivity contribution in [2.45, 2.75) is 19.0 Å². The zero-order chi connectivity index (χ0) is 27.6. The number of nitro groups is 2. The van der Waals surface area contributed by atoms with Crippen LogP contribution in [0.15, 0.2) is 72.9 Å². The van der Waals surface area contributed by atoms with Gasteiger partial charge in [-0.15, -0.1) is 0 Å². The molecule has 11 nitrogen and oxygen atoms in total. The van der Waals surface area contributed by atoms with Gasteiger partial charge in [0.25, 0.3) is 11.4 Å². The molecule has 2 saturated heterocycles. The minimum absolute atomic E-state index is 0.0473. The van der Waals surface area contributed by atoms with Gasteiger partial charge in [0.1, 0.15) is 6.04 Å². The van der Waals surface area contributed by atoms with Gasteiger partial charge in [0.05, 0.1) is 33.4 Å². The minimum Gasteiger partial charge on any atom is -0.358 e. The summed E-state index contributed by atoms with van der Waals surface area (Å²) in [5.41, 5.74) is 1.70. The predicted octanol–water partition coefficient (Wildman–Crippen LogP) is 4.21. The number of carbonyl (C=O) groups is 3. The first-order valence-corrected chi connectivity index (χ1v) is 12.1. The van der Waals surface area contributed by atoms with E-state index >= 15 is 0 Å². The van der Waals surface area contributed by atoms with E-state index in [4.69, 9.17) is 0 Å². The molecule has 39 heavy (non-hydrogen) atoms. The summed E-state index contributed by atoms with van der Waals surface area (Å²) >= 11 is 0. The number of imide groups is 1. The van der Waals surface area contributed by atoms with E-state index < -0.39 is 51.4 Å². The van der Waals surface area contributed by atoms with Gasteiger partial charge >= 0.3 is 0 Å². The van der Waals surface area contributed by atoms with Gasteiger partial charge in [-0.05, 0) is 29.7 Å². The Bertz CT molecular complexity index is 1650. The SMILES string of the molecule is Cc1ccc([N+](=O)[O-])cc1N1C(=O)[C@@H]2[C@H](C1=O)C1c3ccccc3C=CN1[C@@H]2C(=O)c1cccc([N+](=O)[O-])c1. The Labute approximate surface area is 221 Å². The van der Waals surface area contributed by atoms with Gasteiger partial charge in [-0.25, -0.2) is 4.90 Å². The maximum absolute atomic E-state index is 14.0. The van der Waals surface area contributed by atoms with Crippen LogP contribution in [0.3, 0.4) is 0 Å². The van der Waals surface area contributed by atoms with Crippen molar-refractivity contribution < 1.29 is 24.2 Å². The Morgan fingerprint density at radius 2 is 1.54 bits per heavy atom. The first-order chi connectivity index (χ1) is 18.7. The van der Waals surface area contributed by atoms with Crippen LogP contribution >= 0.6 is 0 Å². The predicted molar refractivity (Wildman–Crippen MR) is 139 cm³/mol. The lowest BCUT2D eigenvalue weighted by molar-refractivity contribution is -0.385. The lowest BCUT2D eigenvalue weighted by Gasteiger charge is -2.35. The fourth-order valence-corrected chi connectivity index (χ4v) is 5.99. The number of benzene rings is 3. The number of amides is 2. The Morgan fingerprint density at radius 1 is 0.846 bits per heavy atom. The van der Waals surface area contributed by atoms with Crippen molar-refractivity contribution in [1.82, 2.24) is 4.90 Å². The molecule has 194 valence electrons. The summed E-state index contributed by atoms with van der Waals surface area (Å²) in [6.45, 7) is 1.64. The summed E-state index contributed by atoms with van der Waals surface area (Å²) < 4.78 is 0. The van der Waals surface area contributed by atoms with Crippen LogP contribution in [-0.4, -0.2) is 38.4 Å². The van der Waals surface area contributed by atoms with Crippen molar-refractivity contribution >= 4 is 40.7 Å². The summed E-state index contributed by atoms with van der Waals surface area (Å²) in [5.74, 6) is -3.78. The molecule has 4 atom stereocenters. The van der Waals surface area contributed by atoms with Gasteiger partial charge in [0.15, 0.2) is 5.78 Å². The quantitative estimate of drug-likeness (QED) is 0.209. The van der Waals surface area contributed by atoms with Crippen molar-refractivity contribution in [3.8, 4) is 0 Å². The van der Waals surface area contributed by atoms with Crippen molar-refractivity contribution in [1.29, 1.82) is 0 Å². The highest BCUT2D eigenvalue weighted by Gasteiger charge is 2.64. The fourth-order valence-electron chi connectivity index (χ4n) is 5.99. The molecular weight excluding hydrogens is 504 g/mol.